The Labute approximate surface area is 124 Å². The molecule has 0 aliphatic carbocycles. The van der Waals surface area contributed by atoms with Crippen LogP contribution in [0.25, 0.3) is 0 Å². The van der Waals surface area contributed by atoms with Gasteiger partial charge < -0.3 is 4.74 Å². The van der Waals surface area contributed by atoms with Crippen LogP contribution in [0, 0.1) is 19.7 Å². The molecule has 1 aromatic carbocycles. The summed E-state index contributed by atoms with van der Waals surface area (Å²) in [5.41, 5.74) is 2.41. The minimum atomic E-state index is -0.518. The fourth-order valence-corrected chi connectivity index (χ4v) is 2.15. The van der Waals surface area contributed by atoms with Crippen LogP contribution in [0.2, 0.25) is 0 Å². The van der Waals surface area contributed by atoms with Crippen LogP contribution in [0.3, 0.4) is 0 Å². The molecule has 100 valence electrons. The summed E-state index contributed by atoms with van der Waals surface area (Å²) >= 11 is 9.12. The maximum absolute atomic E-state index is 14.0. The van der Waals surface area contributed by atoms with Crippen LogP contribution in [0.15, 0.2) is 28.9 Å². The predicted octanol–water partition coefficient (Wildman–Crippen LogP) is 5.13. The lowest BCUT2D eigenvalue weighted by molar-refractivity contribution is 0.419. The van der Waals surface area contributed by atoms with Gasteiger partial charge in [0, 0.05) is 16.2 Å². The highest BCUT2D eigenvalue weighted by Crippen LogP contribution is 2.30. The molecule has 0 aliphatic rings. The molecule has 2 aromatic rings. The first-order valence-corrected chi connectivity index (χ1v) is 6.99. The summed E-state index contributed by atoms with van der Waals surface area (Å²) in [6, 6.07) is 5.18. The first-order chi connectivity index (χ1) is 9.02. The summed E-state index contributed by atoms with van der Waals surface area (Å²) in [7, 11) is 0. The van der Waals surface area contributed by atoms with Crippen LogP contribution in [-0.4, -0.2) is 4.98 Å². The van der Waals surface area contributed by atoms with E-state index in [1.54, 1.807) is 0 Å². The quantitative estimate of drug-likeness (QED) is 0.720. The third kappa shape index (κ3) is 3.07. The van der Waals surface area contributed by atoms with Gasteiger partial charge in [0.25, 0.3) is 5.88 Å². The second-order valence-corrected chi connectivity index (χ2v) is 5.26. The molecule has 0 N–H and O–H groups in total. The average Bonchev–Trinajstić information content (AvgIpc) is 2.38. The van der Waals surface area contributed by atoms with E-state index in [0.29, 0.717) is 11.3 Å². The van der Waals surface area contributed by atoms with Crippen molar-refractivity contribution in [2.45, 2.75) is 19.7 Å². The SMILES string of the molecule is Cc1cc(Oc2nccc(CCl)c2F)cc(C)c1Br. The van der Waals surface area contributed by atoms with Crippen molar-refractivity contribution in [2.24, 2.45) is 0 Å². The zero-order chi connectivity index (χ0) is 14.0. The molecule has 0 aliphatic heterocycles. The molecule has 1 aromatic heterocycles. The van der Waals surface area contributed by atoms with Crippen molar-refractivity contribution in [2.75, 3.05) is 0 Å². The minimum Gasteiger partial charge on any atom is -0.436 e. The standard InChI is InChI=1S/C14H12BrClFNO/c1-8-5-11(6-9(2)12(8)15)19-14-13(17)10(7-16)3-4-18-14/h3-6H,7H2,1-2H3. The molecule has 0 fully saturated rings. The van der Waals surface area contributed by atoms with Crippen molar-refractivity contribution in [3.8, 4) is 11.6 Å². The molecule has 0 unspecified atom stereocenters. The van der Waals surface area contributed by atoms with Gasteiger partial charge in [0.05, 0.1) is 5.88 Å². The van der Waals surface area contributed by atoms with Gasteiger partial charge in [0.2, 0.25) is 0 Å². The largest absolute Gasteiger partial charge is 0.436 e. The number of nitrogens with zero attached hydrogens (tertiary/aromatic N) is 1. The molecular weight excluding hydrogens is 333 g/mol. The van der Waals surface area contributed by atoms with E-state index >= 15 is 0 Å². The van der Waals surface area contributed by atoms with Crippen LogP contribution in [0.4, 0.5) is 4.39 Å². The summed E-state index contributed by atoms with van der Waals surface area (Å²) in [6.07, 6.45) is 1.48. The van der Waals surface area contributed by atoms with Gasteiger partial charge in [-0.3, -0.25) is 0 Å². The van der Waals surface area contributed by atoms with E-state index in [9.17, 15) is 4.39 Å². The summed E-state index contributed by atoms with van der Waals surface area (Å²) in [6.45, 7) is 3.89. The van der Waals surface area contributed by atoms with E-state index in [1.807, 2.05) is 26.0 Å². The van der Waals surface area contributed by atoms with Gasteiger partial charge in [-0.1, -0.05) is 15.9 Å². The van der Waals surface area contributed by atoms with Gasteiger partial charge in [0.1, 0.15) is 5.75 Å². The Morgan fingerprint density at radius 2 is 1.95 bits per heavy atom. The molecule has 19 heavy (non-hydrogen) atoms. The molecule has 0 spiro atoms. The van der Waals surface area contributed by atoms with Gasteiger partial charge in [-0.25, -0.2) is 9.37 Å². The number of ether oxygens (including phenoxy) is 1. The Bertz CT molecular complexity index is 595. The Balaban J connectivity index is 2.36. The number of rotatable bonds is 3. The Morgan fingerprint density at radius 3 is 2.53 bits per heavy atom. The molecule has 1 heterocycles. The van der Waals surface area contributed by atoms with E-state index in [0.717, 1.165) is 15.6 Å². The summed E-state index contributed by atoms with van der Waals surface area (Å²) in [4.78, 5) is 3.90. The second kappa shape index (κ2) is 5.88. The van der Waals surface area contributed by atoms with Crippen molar-refractivity contribution in [1.82, 2.24) is 4.98 Å². The van der Waals surface area contributed by atoms with Crippen LogP contribution < -0.4 is 4.74 Å². The van der Waals surface area contributed by atoms with Crippen molar-refractivity contribution in [1.29, 1.82) is 0 Å². The Kier molecular flexibility index (Phi) is 4.42. The molecule has 0 radical (unpaired) electrons. The monoisotopic (exact) mass is 343 g/mol. The van der Waals surface area contributed by atoms with Crippen LogP contribution >= 0.6 is 27.5 Å². The number of aryl methyl sites for hydroxylation is 2. The van der Waals surface area contributed by atoms with E-state index in [4.69, 9.17) is 16.3 Å². The normalized spacial score (nSPS) is 10.6. The number of aromatic nitrogens is 1. The maximum Gasteiger partial charge on any atom is 0.256 e. The number of hydrogen-bond donors (Lipinski definition) is 0. The second-order valence-electron chi connectivity index (χ2n) is 4.20. The summed E-state index contributed by atoms with van der Waals surface area (Å²) in [5.74, 6) is 0.0645. The van der Waals surface area contributed by atoms with Gasteiger partial charge in [-0.2, -0.15) is 0 Å². The predicted molar refractivity (Wildman–Crippen MR) is 77.4 cm³/mol. The average molecular weight is 345 g/mol. The van der Waals surface area contributed by atoms with Gasteiger partial charge >= 0.3 is 0 Å². The molecule has 0 atom stereocenters. The fraction of sp³-hybridized carbons (Fsp3) is 0.214. The van der Waals surface area contributed by atoms with Crippen LogP contribution in [0.5, 0.6) is 11.6 Å². The highest BCUT2D eigenvalue weighted by Gasteiger charge is 2.12. The maximum atomic E-state index is 14.0. The Morgan fingerprint density at radius 1 is 1.32 bits per heavy atom. The molecule has 0 amide bonds. The molecule has 0 bridgehead atoms. The van der Waals surface area contributed by atoms with Crippen molar-refractivity contribution >= 4 is 27.5 Å². The van der Waals surface area contributed by atoms with Crippen molar-refractivity contribution in [3.05, 3.63) is 51.4 Å². The number of hydrogen-bond acceptors (Lipinski definition) is 2. The van der Waals surface area contributed by atoms with Gasteiger partial charge in [-0.05, 0) is 43.2 Å². The smallest absolute Gasteiger partial charge is 0.256 e. The third-order valence-corrected chi connectivity index (χ3v) is 4.24. The zero-order valence-corrected chi connectivity index (χ0v) is 12.8. The van der Waals surface area contributed by atoms with E-state index in [-0.39, 0.29) is 11.8 Å². The molecule has 5 heteroatoms. The fourth-order valence-electron chi connectivity index (χ4n) is 1.71. The number of halogens is 3. The summed E-state index contributed by atoms with van der Waals surface area (Å²) < 4.78 is 20.5. The highest BCUT2D eigenvalue weighted by atomic mass is 79.9. The lowest BCUT2D eigenvalue weighted by Crippen LogP contribution is -1.96. The number of pyridine rings is 1. The van der Waals surface area contributed by atoms with Crippen LogP contribution in [0.1, 0.15) is 16.7 Å². The van der Waals surface area contributed by atoms with E-state index < -0.39 is 5.82 Å². The molecule has 0 saturated heterocycles. The molecule has 2 rings (SSSR count). The number of alkyl halides is 1. The zero-order valence-electron chi connectivity index (χ0n) is 10.5. The third-order valence-electron chi connectivity index (χ3n) is 2.71. The molecule has 2 nitrogen and oxygen atoms in total. The minimum absolute atomic E-state index is 0.0562. The first-order valence-electron chi connectivity index (χ1n) is 5.67. The lowest BCUT2D eigenvalue weighted by Gasteiger charge is -2.10. The molecular formula is C14H12BrClFNO. The van der Waals surface area contributed by atoms with Crippen LogP contribution in [-0.2, 0) is 5.88 Å². The van der Waals surface area contributed by atoms with Gasteiger partial charge in [0.15, 0.2) is 5.82 Å². The molecule has 0 saturated carbocycles. The first kappa shape index (κ1) is 14.3. The van der Waals surface area contributed by atoms with Gasteiger partial charge in [-0.15, -0.1) is 11.6 Å². The lowest BCUT2D eigenvalue weighted by atomic mass is 10.1. The van der Waals surface area contributed by atoms with E-state index in [1.165, 1.54) is 12.3 Å². The highest BCUT2D eigenvalue weighted by molar-refractivity contribution is 9.10. The van der Waals surface area contributed by atoms with Crippen molar-refractivity contribution in [3.63, 3.8) is 0 Å². The van der Waals surface area contributed by atoms with Crippen molar-refractivity contribution < 1.29 is 9.13 Å². The topological polar surface area (TPSA) is 22.1 Å². The number of benzene rings is 1. The Hall–Kier alpha value is -1.13. The van der Waals surface area contributed by atoms with E-state index in [2.05, 4.69) is 20.9 Å². The summed E-state index contributed by atoms with van der Waals surface area (Å²) in [5, 5.41) is 0.